The van der Waals surface area contributed by atoms with E-state index < -0.39 is 10.0 Å². The van der Waals surface area contributed by atoms with Gasteiger partial charge in [-0.25, -0.2) is 8.42 Å². The molecule has 0 unspecified atom stereocenters. The normalized spacial score (nSPS) is 17.0. The van der Waals surface area contributed by atoms with Crippen molar-refractivity contribution in [3.8, 4) is 0 Å². The number of likely N-dealkylation sites (N-methyl/N-ethyl adjacent to an activating group) is 1. The minimum atomic E-state index is -3.43. The highest BCUT2D eigenvalue weighted by molar-refractivity contribution is 9.10. The van der Waals surface area contributed by atoms with E-state index in [9.17, 15) is 8.42 Å². The summed E-state index contributed by atoms with van der Waals surface area (Å²) in [6.07, 6.45) is 4.19. The molecule has 0 bridgehead atoms. The van der Waals surface area contributed by atoms with Crippen LogP contribution in [0.1, 0.15) is 25.7 Å². The minimum Gasteiger partial charge on any atom is -0.308 e. The summed E-state index contributed by atoms with van der Waals surface area (Å²) in [7, 11) is 0.516. The number of benzene rings is 1. The fourth-order valence-corrected chi connectivity index (χ4v) is 5.03. The third-order valence-corrected chi connectivity index (χ3v) is 6.34. The number of nitrogens with zero attached hydrogens (tertiary/aromatic N) is 2. The Morgan fingerprint density at radius 2 is 1.86 bits per heavy atom. The minimum absolute atomic E-state index is 0.147. The van der Waals surface area contributed by atoms with Gasteiger partial charge in [0.05, 0.1) is 4.90 Å². The van der Waals surface area contributed by atoms with Crippen molar-refractivity contribution in [1.82, 2.24) is 9.21 Å². The van der Waals surface area contributed by atoms with Gasteiger partial charge >= 0.3 is 0 Å². The van der Waals surface area contributed by atoms with Gasteiger partial charge in [-0.1, -0.05) is 34.8 Å². The van der Waals surface area contributed by atoms with Gasteiger partial charge < -0.3 is 4.90 Å². The number of halogens is 1. The van der Waals surface area contributed by atoms with Gasteiger partial charge in [-0.15, -0.1) is 0 Å². The molecule has 1 saturated carbocycles. The summed E-state index contributed by atoms with van der Waals surface area (Å²) in [5.74, 6) is 0. The lowest BCUT2D eigenvalue weighted by atomic mass is 10.2. The predicted octanol–water partition coefficient (Wildman–Crippen LogP) is 2.94. The number of hydrogen-bond acceptors (Lipinski definition) is 3. The molecule has 0 aromatic heterocycles. The lowest BCUT2D eigenvalue weighted by Crippen LogP contribution is -2.42. The average Bonchev–Trinajstić information content (AvgIpc) is 2.92. The van der Waals surface area contributed by atoms with Crippen molar-refractivity contribution in [1.29, 1.82) is 0 Å². The molecule has 4 nitrogen and oxygen atoms in total. The van der Waals surface area contributed by atoms with Crippen LogP contribution in [0.2, 0.25) is 0 Å². The Balaban J connectivity index is 2.29. The van der Waals surface area contributed by atoms with Crippen LogP contribution < -0.4 is 0 Å². The summed E-state index contributed by atoms with van der Waals surface area (Å²) in [5, 5.41) is 0. The second-order valence-corrected chi connectivity index (χ2v) is 8.62. The fourth-order valence-electron chi connectivity index (χ4n) is 2.75. The zero-order valence-electron chi connectivity index (χ0n) is 12.6. The Labute approximate surface area is 136 Å². The highest BCUT2D eigenvalue weighted by Gasteiger charge is 2.33. The van der Waals surface area contributed by atoms with E-state index in [1.807, 2.05) is 25.1 Å². The zero-order chi connectivity index (χ0) is 15.5. The molecule has 0 N–H and O–H groups in total. The monoisotopic (exact) mass is 374 g/mol. The van der Waals surface area contributed by atoms with E-state index in [1.54, 1.807) is 22.5 Å². The van der Waals surface area contributed by atoms with Crippen molar-refractivity contribution in [3.63, 3.8) is 0 Å². The second kappa shape index (κ2) is 7.22. The van der Waals surface area contributed by atoms with Gasteiger partial charge in [0.25, 0.3) is 0 Å². The van der Waals surface area contributed by atoms with E-state index in [2.05, 4.69) is 15.9 Å². The van der Waals surface area contributed by atoms with Gasteiger partial charge in [0.15, 0.2) is 0 Å². The van der Waals surface area contributed by atoms with E-state index in [-0.39, 0.29) is 6.04 Å². The lowest BCUT2D eigenvalue weighted by molar-refractivity contribution is 0.282. The summed E-state index contributed by atoms with van der Waals surface area (Å²) < 4.78 is 28.4. The van der Waals surface area contributed by atoms with Gasteiger partial charge in [0.1, 0.15) is 0 Å². The Kier molecular flexibility index (Phi) is 5.82. The van der Waals surface area contributed by atoms with Crippen molar-refractivity contribution in [3.05, 3.63) is 28.7 Å². The number of hydrogen-bond donors (Lipinski definition) is 0. The molecule has 2 rings (SSSR count). The average molecular weight is 375 g/mol. The Morgan fingerprint density at radius 1 is 1.19 bits per heavy atom. The molecule has 0 radical (unpaired) electrons. The van der Waals surface area contributed by atoms with Gasteiger partial charge in [-0.3, -0.25) is 0 Å². The van der Waals surface area contributed by atoms with Crippen LogP contribution in [0.4, 0.5) is 0 Å². The highest BCUT2D eigenvalue weighted by atomic mass is 79.9. The predicted molar refractivity (Wildman–Crippen MR) is 88.8 cm³/mol. The lowest BCUT2D eigenvalue weighted by Gasteiger charge is -2.29. The molecule has 0 amide bonds. The van der Waals surface area contributed by atoms with Gasteiger partial charge in [-0.05, 0) is 45.1 Å². The molecule has 6 heteroatoms. The summed E-state index contributed by atoms with van der Waals surface area (Å²) in [4.78, 5) is 2.40. The Bertz CT molecular complexity index is 569. The first-order valence-electron chi connectivity index (χ1n) is 7.33. The largest absolute Gasteiger partial charge is 0.308 e. The molecule has 21 heavy (non-hydrogen) atoms. The summed E-state index contributed by atoms with van der Waals surface area (Å²) >= 11 is 3.36. The maximum atomic E-state index is 13.0. The molecule has 1 aliphatic rings. The van der Waals surface area contributed by atoms with E-state index in [0.717, 1.165) is 36.7 Å². The third kappa shape index (κ3) is 4.28. The summed E-state index contributed by atoms with van der Waals surface area (Å²) in [5.41, 5.74) is 0. The van der Waals surface area contributed by atoms with Crippen molar-refractivity contribution in [2.24, 2.45) is 0 Å². The van der Waals surface area contributed by atoms with Gasteiger partial charge in [0.2, 0.25) is 10.0 Å². The van der Waals surface area contributed by atoms with Crippen LogP contribution in [0.5, 0.6) is 0 Å². The van der Waals surface area contributed by atoms with E-state index in [4.69, 9.17) is 0 Å². The first-order valence-corrected chi connectivity index (χ1v) is 9.57. The Morgan fingerprint density at radius 3 is 2.43 bits per heavy atom. The maximum absolute atomic E-state index is 13.0. The maximum Gasteiger partial charge on any atom is 0.243 e. The third-order valence-electron chi connectivity index (χ3n) is 3.90. The van der Waals surface area contributed by atoms with Crippen LogP contribution in [0.25, 0.3) is 0 Å². The quantitative estimate of drug-likeness (QED) is 0.768. The van der Waals surface area contributed by atoms with Crippen molar-refractivity contribution < 1.29 is 8.42 Å². The van der Waals surface area contributed by atoms with Crippen LogP contribution in [-0.2, 0) is 10.0 Å². The van der Waals surface area contributed by atoms with E-state index >= 15 is 0 Å². The molecule has 1 fully saturated rings. The smallest absolute Gasteiger partial charge is 0.243 e. The van der Waals surface area contributed by atoms with Crippen LogP contribution in [0.3, 0.4) is 0 Å². The molecular formula is C15H23BrN2O2S. The van der Waals surface area contributed by atoms with Crippen molar-refractivity contribution >= 4 is 26.0 Å². The van der Waals surface area contributed by atoms with Crippen LogP contribution >= 0.6 is 15.9 Å². The summed E-state index contributed by atoms with van der Waals surface area (Å²) in [6, 6.07) is 7.13. The summed E-state index contributed by atoms with van der Waals surface area (Å²) in [6.45, 7) is 1.29. The second-order valence-electron chi connectivity index (χ2n) is 5.81. The van der Waals surface area contributed by atoms with E-state index in [1.165, 1.54) is 0 Å². The molecule has 0 spiro atoms. The molecule has 1 aromatic carbocycles. The van der Waals surface area contributed by atoms with Crippen LogP contribution in [0.15, 0.2) is 33.6 Å². The molecule has 0 aliphatic heterocycles. The molecule has 1 aliphatic carbocycles. The molecule has 0 heterocycles. The first-order chi connectivity index (χ1) is 9.91. The zero-order valence-corrected chi connectivity index (χ0v) is 15.0. The topological polar surface area (TPSA) is 40.6 Å². The Hall–Kier alpha value is -0.430. The van der Waals surface area contributed by atoms with Crippen LogP contribution in [0, 0.1) is 0 Å². The molecule has 1 aromatic rings. The molecule has 0 atom stereocenters. The fraction of sp³-hybridized carbons (Fsp3) is 0.600. The van der Waals surface area contributed by atoms with Crippen molar-refractivity contribution in [2.75, 3.05) is 27.2 Å². The van der Waals surface area contributed by atoms with Crippen LogP contribution in [-0.4, -0.2) is 50.8 Å². The SMILES string of the molecule is CN(C)CCN(C1CCCC1)S(=O)(=O)c1cccc(Br)c1. The molecule has 118 valence electrons. The van der Waals surface area contributed by atoms with Gasteiger partial charge in [0, 0.05) is 23.6 Å². The first kappa shape index (κ1) is 16.9. The molecule has 0 saturated heterocycles. The van der Waals surface area contributed by atoms with Gasteiger partial charge in [-0.2, -0.15) is 4.31 Å². The number of sulfonamides is 1. The number of rotatable bonds is 6. The standard InChI is InChI=1S/C15H23BrN2O2S/c1-17(2)10-11-18(14-7-3-4-8-14)21(19,20)15-9-5-6-13(16)12-15/h5-6,9,12,14H,3-4,7-8,10-11H2,1-2H3. The highest BCUT2D eigenvalue weighted by Crippen LogP contribution is 2.29. The van der Waals surface area contributed by atoms with Crippen molar-refractivity contribution in [2.45, 2.75) is 36.6 Å². The van der Waals surface area contributed by atoms with E-state index in [0.29, 0.717) is 11.4 Å². The molecular weight excluding hydrogens is 352 g/mol.